The number of carbonyl (C=O) groups excluding carboxylic acids is 1. The van der Waals surface area contributed by atoms with Crippen molar-refractivity contribution in [3.05, 3.63) is 84.2 Å². The first-order chi connectivity index (χ1) is 17.5. The average Bonchev–Trinajstić information content (AvgIpc) is 3.59. The quantitative estimate of drug-likeness (QED) is 0.344. The molecule has 36 heavy (non-hydrogen) atoms. The molecule has 1 aliphatic rings. The number of halogens is 1. The van der Waals surface area contributed by atoms with Crippen molar-refractivity contribution in [3.63, 3.8) is 0 Å². The van der Waals surface area contributed by atoms with Crippen LogP contribution in [0.3, 0.4) is 0 Å². The molecule has 5 rings (SSSR count). The van der Waals surface area contributed by atoms with Gasteiger partial charge >= 0.3 is 0 Å². The summed E-state index contributed by atoms with van der Waals surface area (Å²) >= 11 is 0. The second kappa shape index (κ2) is 10.4. The molecule has 1 amide bonds. The highest BCUT2D eigenvalue weighted by molar-refractivity contribution is 5.76. The van der Waals surface area contributed by atoms with Crippen LogP contribution in [0, 0.1) is 5.95 Å². The monoisotopic (exact) mass is 486 g/mol. The minimum atomic E-state index is -0.355. The van der Waals surface area contributed by atoms with Crippen molar-refractivity contribution in [2.75, 3.05) is 12.4 Å². The summed E-state index contributed by atoms with van der Waals surface area (Å²) < 4.78 is 17.6. The Morgan fingerprint density at radius 1 is 1.17 bits per heavy atom. The van der Waals surface area contributed by atoms with E-state index in [2.05, 4.69) is 10.4 Å². The smallest absolute Gasteiger partial charge is 0.222 e. The standard InChI is InChI=1S/C28H31FN6O/c1-33(23-14-15-23)26(36)13-7-10-22-19-35(24-11-4-3-5-12-24)28(32-22)30-17-20-8-6-9-21(16-20)25-18-31-34(2)27(25)29/h3-6,8-9,11-12,16,18-19,23H,7,10,13-15,17H2,1-2H3,(H,30,32). The third-order valence-electron chi connectivity index (χ3n) is 6.66. The fourth-order valence-corrected chi connectivity index (χ4v) is 4.37. The summed E-state index contributed by atoms with van der Waals surface area (Å²) in [6.07, 6.45) is 7.86. The molecule has 4 aromatic rings. The van der Waals surface area contributed by atoms with Gasteiger partial charge in [-0.15, -0.1) is 0 Å². The van der Waals surface area contributed by atoms with Gasteiger partial charge in [0, 0.05) is 45.0 Å². The molecule has 1 saturated carbocycles. The number of rotatable bonds is 10. The SMILES string of the molecule is CN(C(=O)CCCc1cn(-c2ccccc2)c(NCc2cccc(-c3cnn(C)c3F)c2)n1)C1CC1. The van der Waals surface area contributed by atoms with E-state index in [9.17, 15) is 9.18 Å². The first-order valence-corrected chi connectivity index (χ1v) is 12.4. The third kappa shape index (κ3) is 5.32. The highest BCUT2D eigenvalue weighted by Crippen LogP contribution is 2.26. The molecule has 1 fully saturated rings. The van der Waals surface area contributed by atoms with Crippen LogP contribution in [0.5, 0.6) is 0 Å². The summed E-state index contributed by atoms with van der Waals surface area (Å²) in [6, 6.07) is 18.3. The molecule has 2 aromatic carbocycles. The molecular formula is C28H31FN6O. The van der Waals surface area contributed by atoms with Gasteiger partial charge < -0.3 is 10.2 Å². The van der Waals surface area contributed by atoms with Crippen LogP contribution in [-0.2, 0) is 24.8 Å². The number of benzene rings is 2. The zero-order valence-corrected chi connectivity index (χ0v) is 20.7. The van der Waals surface area contributed by atoms with Gasteiger partial charge in [-0.1, -0.05) is 36.4 Å². The van der Waals surface area contributed by atoms with Gasteiger partial charge in [-0.2, -0.15) is 9.49 Å². The van der Waals surface area contributed by atoms with Crippen LogP contribution in [0.1, 0.15) is 36.9 Å². The first kappa shape index (κ1) is 23.8. The maximum absolute atomic E-state index is 14.4. The Bertz CT molecular complexity index is 1340. The molecule has 1 N–H and O–H groups in total. The van der Waals surface area contributed by atoms with Crippen LogP contribution in [0.25, 0.3) is 16.8 Å². The van der Waals surface area contributed by atoms with Crippen LogP contribution in [0.4, 0.5) is 10.3 Å². The first-order valence-electron chi connectivity index (χ1n) is 12.4. The lowest BCUT2D eigenvalue weighted by Gasteiger charge is -2.15. The summed E-state index contributed by atoms with van der Waals surface area (Å²) in [4.78, 5) is 19.1. The molecule has 7 nitrogen and oxygen atoms in total. The summed E-state index contributed by atoms with van der Waals surface area (Å²) in [7, 11) is 3.50. The second-order valence-corrected chi connectivity index (χ2v) is 9.38. The fourth-order valence-electron chi connectivity index (χ4n) is 4.37. The maximum Gasteiger partial charge on any atom is 0.222 e. The van der Waals surface area contributed by atoms with Crippen LogP contribution < -0.4 is 5.32 Å². The highest BCUT2D eigenvalue weighted by Gasteiger charge is 2.29. The van der Waals surface area contributed by atoms with Gasteiger partial charge in [0.2, 0.25) is 17.8 Å². The molecular weight excluding hydrogens is 455 g/mol. The van der Waals surface area contributed by atoms with E-state index in [0.29, 0.717) is 24.6 Å². The number of nitrogens with one attached hydrogen (secondary N) is 1. The Morgan fingerprint density at radius 3 is 2.69 bits per heavy atom. The van der Waals surface area contributed by atoms with E-state index >= 15 is 0 Å². The molecule has 0 unspecified atom stereocenters. The third-order valence-corrected chi connectivity index (χ3v) is 6.66. The summed E-state index contributed by atoms with van der Waals surface area (Å²) in [5.41, 5.74) is 4.22. The second-order valence-electron chi connectivity index (χ2n) is 9.38. The van der Waals surface area contributed by atoms with E-state index in [1.165, 1.54) is 4.68 Å². The molecule has 1 aliphatic carbocycles. The molecule has 0 aliphatic heterocycles. The number of para-hydroxylation sites is 1. The van der Waals surface area contributed by atoms with E-state index in [1.54, 1.807) is 13.2 Å². The van der Waals surface area contributed by atoms with Crippen LogP contribution in [0.15, 0.2) is 67.0 Å². The van der Waals surface area contributed by atoms with Crippen molar-refractivity contribution in [1.82, 2.24) is 24.2 Å². The van der Waals surface area contributed by atoms with Gasteiger partial charge in [-0.3, -0.25) is 9.36 Å². The van der Waals surface area contributed by atoms with E-state index in [1.807, 2.05) is 77.3 Å². The van der Waals surface area contributed by atoms with Crippen LogP contribution in [-0.4, -0.2) is 43.2 Å². The van der Waals surface area contributed by atoms with Crippen molar-refractivity contribution in [1.29, 1.82) is 0 Å². The number of imidazole rings is 1. The Hall–Kier alpha value is -3.94. The molecule has 186 valence electrons. The molecule has 0 atom stereocenters. The number of amides is 1. The van der Waals surface area contributed by atoms with Gasteiger partial charge in [-0.05, 0) is 55.0 Å². The van der Waals surface area contributed by atoms with Crippen LogP contribution in [0.2, 0.25) is 0 Å². The Morgan fingerprint density at radius 2 is 1.97 bits per heavy atom. The lowest BCUT2D eigenvalue weighted by Crippen LogP contribution is -2.28. The number of carbonyl (C=O) groups is 1. The Kier molecular flexibility index (Phi) is 6.84. The topological polar surface area (TPSA) is 68.0 Å². The summed E-state index contributed by atoms with van der Waals surface area (Å²) in [5.74, 6) is 0.588. The maximum atomic E-state index is 14.4. The largest absolute Gasteiger partial charge is 0.351 e. The van der Waals surface area contributed by atoms with Crippen molar-refractivity contribution in [2.45, 2.75) is 44.7 Å². The molecule has 2 aromatic heterocycles. The van der Waals surface area contributed by atoms with Crippen LogP contribution >= 0.6 is 0 Å². The number of aromatic nitrogens is 4. The lowest BCUT2D eigenvalue weighted by atomic mass is 10.1. The van der Waals surface area contributed by atoms with Gasteiger partial charge in [-0.25, -0.2) is 9.67 Å². The average molecular weight is 487 g/mol. The molecule has 0 radical (unpaired) electrons. The zero-order chi connectivity index (χ0) is 25.1. The summed E-state index contributed by atoms with van der Waals surface area (Å²) in [5, 5.41) is 7.46. The molecule has 0 bridgehead atoms. The Balaban J connectivity index is 1.29. The normalized spacial score (nSPS) is 13.1. The number of nitrogens with zero attached hydrogens (tertiary/aromatic N) is 5. The minimum absolute atomic E-state index is 0.211. The zero-order valence-electron chi connectivity index (χ0n) is 20.7. The van der Waals surface area contributed by atoms with Crippen molar-refractivity contribution >= 4 is 11.9 Å². The van der Waals surface area contributed by atoms with E-state index in [-0.39, 0.29) is 11.9 Å². The number of hydrogen-bond donors (Lipinski definition) is 1. The predicted octanol–water partition coefficient (Wildman–Crippen LogP) is 4.97. The van der Waals surface area contributed by atoms with E-state index in [0.717, 1.165) is 54.1 Å². The van der Waals surface area contributed by atoms with Crippen molar-refractivity contribution in [2.24, 2.45) is 7.05 Å². The predicted molar refractivity (Wildman–Crippen MR) is 138 cm³/mol. The van der Waals surface area contributed by atoms with Gasteiger partial charge in [0.15, 0.2) is 0 Å². The molecule has 8 heteroatoms. The highest BCUT2D eigenvalue weighted by atomic mass is 19.1. The molecule has 2 heterocycles. The number of aryl methyl sites for hydroxylation is 2. The fraction of sp³-hybridized carbons (Fsp3) is 0.321. The Labute approximate surface area is 210 Å². The number of hydrogen-bond acceptors (Lipinski definition) is 4. The van der Waals surface area contributed by atoms with Gasteiger partial charge in [0.05, 0.1) is 17.5 Å². The number of anilines is 1. The van der Waals surface area contributed by atoms with Gasteiger partial charge in [0.25, 0.3) is 0 Å². The minimum Gasteiger partial charge on any atom is -0.351 e. The van der Waals surface area contributed by atoms with Crippen molar-refractivity contribution in [3.8, 4) is 16.8 Å². The summed E-state index contributed by atoms with van der Waals surface area (Å²) in [6.45, 7) is 0.531. The van der Waals surface area contributed by atoms with E-state index in [4.69, 9.17) is 4.98 Å². The van der Waals surface area contributed by atoms with Crippen molar-refractivity contribution < 1.29 is 9.18 Å². The molecule has 0 spiro atoms. The van der Waals surface area contributed by atoms with Gasteiger partial charge in [0.1, 0.15) is 0 Å². The molecule has 0 saturated heterocycles. The lowest BCUT2D eigenvalue weighted by molar-refractivity contribution is -0.130. The van der Waals surface area contributed by atoms with E-state index < -0.39 is 0 Å².